The van der Waals surface area contributed by atoms with E-state index in [2.05, 4.69) is 15.6 Å². The molecule has 154 valence electrons. The van der Waals surface area contributed by atoms with Gasteiger partial charge >= 0.3 is 0 Å². The molecule has 0 unspecified atom stereocenters. The summed E-state index contributed by atoms with van der Waals surface area (Å²) in [4.78, 5) is 4.68. The minimum atomic E-state index is -0.214. The number of nitrogens with zero attached hydrogens (tertiary/aromatic N) is 1. The van der Waals surface area contributed by atoms with Crippen LogP contribution in [-0.4, -0.2) is 51.2 Å². The third-order valence-electron chi connectivity index (χ3n) is 4.63. The smallest absolute Gasteiger partial charge is 0.191 e. The van der Waals surface area contributed by atoms with Crippen molar-refractivity contribution < 1.29 is 13.9 Å². The molecule has 0 radical (unpaired) electrons. The highest BCUT2D eigenvalue weighted by Gasteiger charge is 2.32. The number of hydrogen-bond donors (Lipinski definition) is 2. The summed E-state index contributed by atoms with van der Waals surface area (Å²) < 4.78 is 24.7. The number of methoxy groups -OCH3 is 1. The summed E-state index contributed by atoms with van der Waals surface area (Å²) in [5.74, 6) is 1.32. The van der Waals surface area contributed by atoms with Gasteiger partial charge in [-0.1, -0.05) is 6.07 Å². The van der Waals surface area contributed by atoms with Gasteiger partial charge in [-0.2, -0.15) is 11.8 Å². The summed E-state index contributed by atoms with van der Waals surface area (Å²) in [5.41, 5.74) is 1.83. The van der Waals surface area contributed by atoms with Crippen molar-refractivity contribution in [1.29, 1.82) is 0 Å². The van der Waals surface area contributed by atoms with Crippen LogP contribution in [-0.2, 0) is 21.8 Å². The second-order valence-corrected chi connectivity index (χ2v) is 7.26. The summed E-state index contributed by atoms with van der Waals surface area (Å²) in [6, 6.07) is 4.92. The highest BCUT2D eigenvalue weighted by Crippen LogP contribution is 2.23. The maximum atomic E-state index is 13.5. The lowest BCUT2D eigenvalue weighted by Gasteiger charge is -2.36. The number of thioether (sulfide) groups is 1. The molecule has 0 aromatic heterocycles. The second kappa shape index (κ2) is 12.8. The van der Waals surface area contributed by atoms with Crippen molar-refractivity contribution in [3.05, 3.63) is 35.1 Å². The van der Waals surface area contributed by atoms with Crippen LogP contribution in [0.4, 0.5) is 4.39 Å². The van der Waals surface area contributed by atoms with Crippen molar-refractivity contribution >= 4 is 41.7 Å². The molecular formula is C19H31FIN3O2S. The molecule has 1 saturated heterocycles. The molecule has 1 aromatic carbocycles. The van der Waals surface area contributed by atoms with E-state index in [0.29, 0.717) is 13.1 Å². The van der Waals surface area contributed by atoms with Crippen molar-refractivity contribution in [3.8, 4) is 0 Å². The first-order valence-corrected chi connectivity index (χ1v) is 10.4. The van der Waals surface area contributed by atoms with Gasteiger partial charge in [0.25, 0.3) is 0 Å². The molecule has 8 heteroatoms. The molecule has 0 aliphatic carbocycles. The van der Waals surface area contributed by atoms with E-state index >= 15 is 0 Å². The van der Waals surface area contributed by atoms with Gasteiger partial charge in [0.2, 0.25) is 0 Å². The van der Waals surface area contributed by atoms with Crippen molar-refractivity contribution in [2.24, 2.45) is 4.99 Å². The molecular weight excluding hydrogens is 480 g/mol. The number of nitrogens with one attached hydrogen (secondary N) is 2. The Morgan fingerprint density at radius 3 is 2.67 bits per heavy atom. The maximum Gasteiger partial charge on any atom is 0.191 e. The molecule has 0 spiro atoms. The Hall–Kier alpha value is -0.580. The fourth-order valence-electron chi connectivity index (χ4n) is 2.99. The van der Waals surface area contributed by atoms with Gasteiger partial charge in [0, 0.05) is 52.0 Å². The zero-order valence-corrected chi connectivity index (χ0v) is 19.5. The lowest BCUT2D eigenvalue weighted by atomic mass is 9.94. The molecule has 0 bridgehead atoms. The number of rotatable bonds is 8. The maximum absolute atomic E-state index is 13.5. The number of benzene rings is 1. The van der Waals surface area contributed by atoms with Crippen LogP contribution in [0.1, 0.15) is 30.9 Å². The minimum Gasteiger partial charge on any atom is -0.381 e. The zero-order chi connectivity index (χ0) is 18.8. The van der Waals surface area contributed by atoms with E-state index in [4.69, 9.17) is 9.47 Å². The van der Waals surface area contributed by atoms with E-state index in [1.807, 2.05) is 19.2 Å². The minimum absolute atomic E-state index is 0. The van der Waals surface area contributed by atoms with Crippen LogP contribution in [0.2, 0.25) is 0 Å². The molecule has 1 aliphatic rings. The predicted octanol–water partition coefficient (Wildman–Crippen LogP) is 3.56. The van der Waals surface area contributed by atoms with Crippen LogP contribution in [0, 0.1) is 5.82 Å². The Labute approximate surface area is 183 Å². The van der Waals surface area contributed by atoms with Gasteiger partial charge in [-0.25, -0.2) is 9.38 Å². The topological polar surface area (TPSA) is 54.9 Å². The monoisotopic (exact) mass is 511 g/mol. The predicted molar refractivity (Wildman–Crippen MR) is 122 cm³/mol. The first kappa shape index (κ1) is 24.5. The average molecular weight is 511 g/mol. The molecule has 0 amide bonds. The van der Waals surface area contributed by atoms with Crippen molar-refractivity contribution in [3.63, 3.8) is 0 Å². The van der Waals surface area contributed by atoms with Crippen LogP contribution < -0.4 is 10.6 Å². The molecule has 1 aliphatic heterocycles. The Morgan fingerprint density at radius 1 is 1.30 bits per heavy atom. The summed E-state index contributed by atoms with van der Waals surface area (Å²) in [6.45, 7) is 5.44. The van der Waals surface area contributed by atoms with Gasteiger partial charge in [0.1, 0.15) is 5.82 Å². The van der Waals surface area contributed by atoms with E-state index in [1.54, 1.807) is 24.9 Å². The van der Waals surface area contributed by atoms with Crippen LogP contribution in [0.15, 0.2) is 23.2 Å². The lowest BCUT2D eigenvalue weighted by molar-refractivity contribution is -0.0855. The van der Waals surface area contributed by atoms with Crippen molar-refractivity contribution in [2.45, 2.75) is 37.7 Å². The van der Waals surface area contributed by atoms with Crippen LogP contribution in [0.3, 0.4) is 0 Å². The fourth-order valence-corrected chi connectivity index (χ4v) is 3.57. The quantitative estimate of drug-likeness (QED) is 0.318. The van der Waals surface area contributed by atoms with Gasteiger partial charge < -0.3 is 20.1 Å². The number of hydrogen-bond acceptors (Lipinski definition) is 4. The zero-order valence-electron chi connectivity index (χ0n) is 16.3. The van der Waals surface area contributed by atoms with Crippen LogP contribution in [0.25, 0.3) is 0 Å². The van der Waals surface area contributed by atoms with Gasteiger partial charge in [0.05, 0.1) is 12.1 Å². The van der Waals surface area contributed by atoms with Gasteiger partial charge in [-0.05, 0) is 36.4 Å². The van der Waals surface area contributed by atoms with E-state index in [0.717, 1.165) is 55.4 Å². The van der Waals surface area contributed by atoms with E-state index in [-0.39, 0.29) is 35.4 Å². The van der Waals surface area contributed by atoms with E-state index in [1.165, 1.54) is 6.07 Å². The highest BCUT2D eigenvalue weighted by molar-refractivity contribution is 14.0. The third kappa shape index (κ3) is 7.75. The molecule has 1 fully saturated rings. The van der Waals surface area contributed by atoms with E-state index in [9.17, 15) is 4.39 Å². The first-order valence-electron chi connectivity index (χ1n) is 9.04. The van der Waals surface area contributed by atoms with Crippen LogP contribution >= 0.6 is 35.7 Å². The Balaban J connectivity index is 0.00000364. The van der Waals surface area contributed by atoms with E-state index < -0.39 is 0 Å². The molecule has 0 atom stereocenters. The Morgan fingerprint density at radius 2 is 2.04 bits per heavy atom. The largest absolute Gasteiger partial charge is 0.381 e. The van der Waals surface area contributed by atoms with Gasteiger partial charge in [-0.15, -0.1) is 24.0 Å². The van der Waals surface area contributed by atoms with Crippen molar-refractivity contribution in [1.82, 2.24) is 10.6 Å². The fraction of sp³-hybridized carbons (Fsp3) is 0.632. The number of ether oxygens (including phenoxy) is 2. The summed E-state index contributed by atoms with van der Waals surface area (Å²) in [5, 5.41) is 6.66. The first-order chi connectivity index (χ1) is 12.6. The molecule has 2 N–H and O–H groups in total. The number of aliphatic imine (C=N–C) groups is 1. The van der Waals surface area contributed by atoms with Crippen molar-refractivity contribution in [2.75, 3.05) is 39.7 Å². The molecule has 5 nitrogen and oxygen atoms in total. The third-order valence-corrected chi connectivity index (χ3v) is 5.23. The Kier molecular flexibility index (Phi) is 11.6. The normalized spacial score (nSPS) is 16.5. The molecule has 1 heterocycles. The number of guanidine groups is 1. The highest BCUT2D eigenvalue weighted by atomic mass is 127. The SMILES string of the molecule is CCNC(=NCc1ccc(F)cc1CSC)NCC1(OC)CCOCC1.I. The second-order valence-electron chi connectivity index (χ2n) is 6.39. The van der Waals surface area contributed by atoms with Gasteiger partial charge in [0.15, 0.2) is 5.96 Å². The van der Waals surface area contributed by atoms with Gasteiger partial charge in [-0.3, -0.25) is 0 Å². The lowest BCUT2D eigenvalue weighted by Crippen LogP contribution is -2.50. The molecule has 27 heavy (non-hydrogen) atoms. The van der Waals surface area contributed by atoms with Crippen LogP contribution in [0.5, 0.6) is 0 Å². The molecule has 2 rings (SSSR count). The average Bonchev–Trinajstić information content (AvgIpc) is 2.66. The summed E-state index contributed by atoms with van der Waals surface area (Å²) in [7, 11) is 1.75. The number of halogens is 2. The standard InChI is InChI=1S/C19H30FN3O2S.HI/c1-4-21-18(23-14-19(24-2)7-9-25-10-8-19)22-12-15-5-6-17(20)11-16(15)13-26-3;/h5-6,11H,4,7-10,12-14H2,1-3H3,(H2,21,22,23);1H. The summed E-state index contributed by atoms with van der Waals surface area (Å²) >= 11 is 1.68. The Bertz CT molecular complexity index is 598. The molecule has 0 saturated carbocycles. The summed E-state index contributed by atoms with van der Waals surface area (Å²) in [6.07, 6.45) is 3.75. The molecule has 1 aromatic rings.